The predicted octanol–water partition coefficient (Wildman–Crippen LogP) is 3.87. The number of aliphatic carboxylic acids is 1. The molecule has 0 aliphatic heterocycles. The molecule has 0 heterocycles. The van der Waals surface area contributed by atoms with E-state index in [0.29, 0.717) is 26.6 Å². The molecule has 0 fully saturated rings. The molecule has 0 spiro atoms. The first-order chi connectivity index (χ1) is 11.7. The predicted molar refractivity (Wildman–Crippen MR) is 99.8 cm³/mol. The number of ketones is 1. The molecule has 25 heavy (non-hydrogen) atoms. The summed E-state index contributed by atoms with van der Waals surface area (Å²) in [6, 6.07) is 12.0. The Bertz CT molecular complexity index is 788. The first-order valence-electron chi connectivity index (χ1n) is 7.37. The Kier molecular flexibility index (Phi) is 6.56. The summed E-state index contributed by atoms with van der Waals surface area (Å²) in [5.74, 6) is -0.577. The molecule has 0 bridgehead atoms. The van der Waals surface area contributed by atoms with Crippen LogP contribution in [-0.2, 0) is 4.79 Å². The SMILES string of the molecule is CC(C)(Oc1ccc([As]CC(=O)c2ccc(Cl)cc2Cl)cc1)C(=O)O. The van der Waals surface area contributed by atoms with Crippen LogP contribution in [0.5, 0.6) is 5.75 Å². The van der Waals surface area contributed by atoms with E-state index >= 15 is 0 Å². The summed E-state index contributed by atoms with van der Waals surface area (Å²) in [4.78, 5) is 23.4. The molecule has 0 saturated carbocycles. The van der Waals surface area contributed by atoms with Crippen molar-refractivity contribution in [1.29, 1.82) is 0 Å². The first kappa shape index (κ1) is 19.8. The second-order valence-electron chi connectivity index (χ2n) is 5.77. The number of rotatable bonds is 7. The van der Waals surface area contributed by atoms with Crippen LogP contribution in [0.4, 0.5) is 0 Å². The topological polar surface area (TPSA) is 63.6 Å². The average molecular weight is 442 g/mol. The number of hydrogen-bond acceptors (Lipinski definition) is 3. The van der Waals surface area contributed by atoms with Crippen molar-refractivity contribution in [3.63, 3.8) is 0 Å². The molecule has 0 saturated heterocycles. The molecule has 0 aliphatic rings. The Balaban J connectivity index is 1.97. The van der Waals surface area contributed by atoms with E-state index in [0.717, 1.165) is 4.35 Å². The van der Waals surface area contributed by atoms with Crippen molar-refractivity contribution in [2.24, 2.45) is 0 Å². The average Bonchev–Trinajstić information content (AvgIpc) is 2.53. The summed E-state index contributed by atoms with van der Waals surface area (Å²) < 4.78 is 6.49. The number of benzene rings is 2. The van der Waals surface area contributed by atoms with Crippen molar-refractivity contribution < 1.29 is 19.4 Å². The number of carbonyl (C=O) groups is 2. The van der Waals surface area contributed by atoms with Crippen LogP contribution in [-0.4, -0.2) is 38.2 Å². The molecule has 4 nitrogen and oxygen atoms in total. The number of carbonyl (C=O) groups excluding carboxylic acids is 1. The van der Waals surface area contributed by atoms with Gasteiger partial charge >= 0.3 is 163 Å². The second kappa shape index (κ2) is 8.27. The molecular formula is C18H16AsCl2O4. The van der Waals surface area contributed by atoms with Gasteiger partial charge in [0.05, 0.1) is 0 Å². The van der Waals surface area contributed by atoms with Crippen LogP contribution in [0.15, 0.2) is 42.5 Å². The molecule has 2 aromatic carbocycles. The monoisotopic (exact) mass is 441 g/mol. The van der Waals surface area contributed by atoms with Gasteiger partial charge in [-0.15, -0.1) is 0 Å². The maximum atomic E-state index is 12.3. The van der Waals surface area contributed by atoms with Gasteiger partial charge in [-0.1, -0.05) is 0 Å². The minimum atomic E-state index is -1.30. The molecule has 7 heteroatoms. The van der Waals surface area contributed by atoms with Crippen molar-refractivity contribution in [1.82, 2.24) is 0 Å². The summed E-state index contributed by atoms with van der Waals surface area (Å²) in [6.45, 7) is 2.98. The van der Waals surface area contributed by atoms with Crippen LogP contribution < -0.4 is 9.09 Å². The van der Waals surface area contributed by atoms with E-state index in [9.17, 15) is 9.59 Å². The van der Waals surface area contributed by atoms with Crippen LogP contribution in [0.1, 0.15) is 24.2 Å². The van der Waals surface area contributed by atoms with E-state index < -0.39 is 11.6 Å². The Morgan fingerprint density at radius 2 is 1.76 bits per heavy atom. The van der Waals surface area contributed by atoms with Crippen LogP contribution >= 0.6 is 23.2 Å². The van der Waals surface area contributed by atoms with Crippen molar-refractivity contribution in [3.8, 4) is 5.75 Å². The van der Waals surface area contributed by atoms with E-state index in [1.807, 2.05) is 12.1 Å². The van der Waals surface area contributed by atoms with Gasteiger partial charge in [0.2, 0.25) is 0 Å². The quantitative estimate of drug-likeness (QED) is 0.523. The Labute approximate surface area is 162 Å². The molecule has 0 amide bonds. The fourth-order valence-electron chi connectivity index (χ4n) is 1.92. The van der Waals surface area contributed by atoms with Gasteiger partial charge in [0.15, 0.2) is 0 Å². The number of halogens is 2. The van der Waals surface area contributed by atoms with Gasteiger partial charge < -0.3 is 0 Å². The number of hydrogen-bond donors (Lipinski definition) is 1. The van der Waals surface area contributed by atoms with Gasteiger partial charge in [0.25, 0.3) is 0 Å². The Morgan fingerprint density at radius 1 is 1.12 bits per heavy atom. The van der Waals surface area contributed by atoms with E-state index in [1.54, 1.807) is 30.3 Å². The van der Waals surface area contributed by atoms with Crippen LogP contribution in [0.25, 0.3) is 0 Å². The number of ether oxygens (including phenoxy) is 1. The molecule has 0 aromatic heterocycles. The molecule has 2 aromatic rings. The van der Waals surface area contributed by atoms with E-state index in [4.69, 9.17) is 33.0 Å². The Morgan fingerprint density at radius 3 is 2.32 bits per heavy atom. The van der Waals surface area contributed by atoms with Crippen molar-refractivity contribution in [2.45, 2.75) is 24.7 Å². The van der Waals surface area contributed by atoms with Crippen LogP contribution in [0.2, 0.25) is 15.3 Å². The summed E-state index contributed by atoms with van der Waals surface area (Å²) in [6.07, 6.45) is 0. The molecule has 2 rings (SSSR count). The summed E-state index contributed by atoms with van der Waals surface area (Å²) in [5, 5.41) is 10.3. The minimum absolute atomic E-state index is 0.0194. The molecular weight excluding hydrogens is 426 g/mol. The van der Waals surface area contributed by atoms with Crippen molar-refractivity contribution >= 4 is 55.1 Å². The van der Waals surface area contributed by atoms with Crippen LogP contribution in [0.3, 0.4) is 0 Å². The van der Waals surface area contributed by atoms with Crippen molar-refractivity contribution in [3.05, 3.63) is 58.1 Å². The molecule has 131 valence electrons. The molecule has 1 N–H and O–H groups in total. The zero-order valence-electron chi connectivity index (χ0n) is 13.6. The van der Waals surface area contributed by atoms with Gasteiger partial charge in [-0.05, 0) is 0 Å². The van der Waals surface area contributed by atoms with Crippen molar-refractivity contribution in [2.75, 3.05) is 0 Å². The number of carboxylic acid groups (broad SMARTS) is 1. The summed E-state index contributed by atoms with van der Waals surface area (Å²) >= 11 is 11.5. The Hall–Kier alpha value is -1.48. The fourth-order valence-corrected chi connectivity index (χ4v) is 4.23. The zero-order valence-corrected chi connectivity index (χ0v) is 17.0. The van der Waals surface area contributed by atoms with Gasteiger partial charge in [0, 0.05) is 0 Å². The van der Waals surface area contributed by atoms with E-state index in [-0.39, 0.29) is 21.5 Å². The van der Waals surface area contributed by atoms with Gasteiger partial charge in [0.1, 0.15) is 0 Å². The van der Waals surface area contributed by atoms with Gasteiger partial charge in [-0.3, -0.25) is 0 Å². The second-order valence-corrected chi connectivity index (χ2v) is 9.03. The summed E-state index contributed by atoms with van der Waals surface area (Å²) in [7, 11) is 0. The molecule has 1 radical (unpaired) electrons. The third-order valence-electron chi connectivity index (χ3n) is 3.36. The van der Waals surface area contributed by atoms with E-state index in [1.165, 1.54) is 13.8 Å². The molecule has 0 unspecified atom stereocenters. The standard InChI is InChI=1S/C18H16AsCl2O4/c1-18(2,17(23)24)25-13-6-3-11(4-7-13)19-10-16(22)14-8-5-12(20)9-15(14)21/h3-9H,10H2,1-2H3,(H,23,24). The van der Waals surface area contributed by atoms with Gasteiger partial charge in [-0.2, -0.15) is 0 Å². The zero-order chi connectivity index (χ0) is 18.6. The third kappa shape index (κ3) is 5.50. The van der Waals surface area contributed by atoms with Crippen LogP contribution in [0, 0.1) is 0 Å². The maximum absolute atomic E-state index is 12.3. The number of Topliss-reactive ketones (excluding diaryl/α,β-unsaturated/α-hetero) is 1. The number of carboxylic acids is 1. The van der Waals surface area contributed by atoms with E-state index in [2.05, 4.69) is 0 Å². The van der Waals surface area contributed by atoms with Gasteiger partial charge in [-0.25, -0.2) is 0 Å². The molecule has 0 atom stereocenters. The first-order valence-corrected chi connectivity index (χ1v) is 10.4. The third-order valence-corrected chi connectivity index (χ3v) is 6.24. The normalized spacial score (nSPS) is 11.7. The fraction of sp³-hybridized carbons (Fsp3) is 0.222. The molecule has 0 aliphatic carbocycles. The summed E-state index contributed by atoms with van der Waals surface area (Å²) in [5.41, 5.74) is -0.819.